The van der Waals surface area contributed by atoms with Crippen LogP contribution in [0.3, 0.4) is 0 Å². The van der Waals surface area contributed by atoms with Gasteiger partial charge >= 0.3 is 0 Å². The Kier molecular flexibility index (Phi) is 4.16. The largest absolute Gasteiger partial charge is 0.375 e. The molecule has 1 aliphatic carbocycles. The smallest absolute Gasteiger partial charge is 0.0641 e. The van der Waals surface area contributed by atoms with E-state index in [1.54, 1.807) is 0 Å². The average molecular weight is 266 g/mol. The molecule has 0 spiro atoms. The van der Waals surface area contributed by atoms with Crippen LogP contribution >= 0.6 is 0 Å². The standard InChI is InChI=1S/C16H30N2O/c1-16(2)10-15(7-9-19-16)18(11-13-5-6-13)12-14-4-3-8-17-14/h13-15,17H,3-12H2,1-2H3. The molecule has 110 valence electrons. The van der Waals surface area contributed by atoms with Crippen molar-refractivity contribution in [3.05, 3.63) is 0 Å². The Labute approximate surface area is 118 Å². The molecule has 0 amide bonds. The molecule has 2 unspecified atom stereocenters. The molecule has 2 atom stereocenters. The zero-order chi connectivity index (χ0) is 13.3. The molecule has 3 aliphatic rings. The third-order valence-electron chi connectivity index (χ3n) is 4.99. The van der Waals surface area contributed by atoms with Crippen molar-refractivity contribution in [1.29, 1.82) is 0 Å². The van der Waals surface area contributed by atoms with Crippen LogP contribution in [0.2, 0.25) is 0 Å². The van der Waals surface area contributed by atoms with Crippen LogP contribution in [0.25, 0.3) is 0 Å². The topological polar surface area (TPSA) is 24.5 Å². The molecule has 0 radical (unpaired) electrons. The molecule has 2 aliphatic heterocycles. The van der Waals surface area contributed by atoms with Gasteiger partial charge in [-0.25, -0.2) is 0 Å². The minimum Gasteiger partial charge on any atom is -0.375 e. The van der Waals surface area contributed by atoms with Gasteiger partial charge in [0, 0.05) is 31.8 Å². The maximum atomic E-state index is 5.89. The average Bonchev–Trinajstić information content (AvgIpc) is 3.01. The van der Waals surface area contributed by atoms with E-state index in [1.807, 2.05) is 0 Å². The summed E-state index contributed by atoms with van der Waals surface area (Å²) in [6.45, 7) is 9.26. The normalized spacial score (nSPS) is 34.9. The summed E-state index contributed by atoms with van der Waals surface area (Å²) >= 11 is 0. The van der Waals surface area contributed by atoms with Crippen LogP contribution in [-0.2, 0) is 4.74 Å². The van der Waals surface area contributed by atoms with Crippen LogP contribution in [0.4, 0.5) is 0 Å². The van der Waals surface area contributed by atoms with E-state index in [4.69, 9.17) is 4.74 Å². The third kappa shape index (κ3) is 3.93. The molecule has 1 saturated carbocycles. The predicted molar refractivity (Wildman–Crippen MR) is 78.4 cm³/mol. The molecule has 0 aromatic rings. The lowest BCUT2D eigenvalue weighted by atomic mass is 9.92. The van der Waals surface area contributed by atoms with E-state index < -0.39 is 0 Å². The molecule has 3 nitrogen and oxygen atoms in total. The van der Waals surface area contributed by atoms with E-state index in [-0.39, 0.29) is 5.60 Å². The maximum absolute atomic E-state index is 5.89. The zero-order valence-electron chi connectivity index (χ0n) is 12.7. The molecule has 0 aromatic carbocycles. The Morgan fingerprint density at radius 1 is 1.16 bits per heavy atom. The third-order valence-corrected chi connectivity index (χ3v) is 4.99. The lowest BCUT2D eigenvalue weighted by Crippen LogP contribution is -2.50. The summed E-state index contributed by atoms with van der Waals surface area (Å²) < 4.78 is 5.89. The van der Waals surface area contributed by atoms with Crippen molar-refractivity contribution in [2.45, 2.75) is 70.1 Å². The van der Waals surface area contributed by atoms with Gasteiger partial charge in [-0.3, -0.25) is 4.90 Å². The SMILES string of the molecule is CC1(C)CC(N(CC2CC2)CC2CCCN2)CCO1. The van der Waals surface area contributed by atoms with Crippen LogP contribution in [0.15, 0.2) is 0 Å². The first-order chi connectivity index (χ1) is 9.12. The predicted octanol–water partition coefficient (Wildman–Crippen LogP) is 2.41. The molecule has 0 aromatic heterocycles. The highest BCUT2D eigenvalue weighted by molar-refractivity contribution is 4.90. The summed E-state index contributed by atoms with van der Waals surface area (Å²) in [7, 11) is 0. The van der Waals surface area contributed by atoms with Gasteiger partial charge in [0.15, 0.2) is 0 Å². The molecule has 0 bridgehead atoms. The molecule has 1 N–H and O–H groups in total. The van der Waals surface area contributed by atoms with E-state index in [1.165, 1.54) is 58.2 Å². The lowest BCUT2D eigenvalue weighted by Gasteiger charge is -2.42. The van der Waals surface area contributed by atoms with Crippen molar-refractivity contribution < 1.29 is 4.74 Å². The molecule has 2 saturated heterocycles. The molecule has 2 heterocycles. The molecular formula is C16H30N2O. The molecular weight excluding hydrogens is 236 g/mol. The van der Waals surface area contributed by atoms with Crippen LogP contribution in [-0.4, -0.2) is 48.8 Å². The Balaban J connectivity index is 1.59. The fourth-order valence-electron chi connectivity index (χ4n) is 3.71. The molecule has 3 rings (SSSR count). The number of ether oxygens (including phenoxy) is 1. The number of hydrogen-bond acceptors (Lipinski definition) is 3. The number of rotatable bonds is 5. The number of nitrogens with zero attached hydrogens (tertiary/aromatic N) is 1. The summed E-state index contributed by atoms with van der Waals surface area (Å²) in [5, 5.41) is 3.67. The van der Waals surface area contributed by atoms with Crippen molar-refractivity contribution in [1.82, 2.24) is 10.2 Å². The second kappa shape index (κ2) is 5.71. The van der Waals surface area contributed by atoms with E-state index in [9.17, 15) is 0 Å². The van der Waals surface area contributed by atoms with Gasteiger partial charge in [-0.05, 0) is 64.8 Å². The van der Waals surface area contributed by atoms with Crippen molar-refractivity contribution in [2.75, 3.05) is 26.2 Å². The van der Waals surface area contributed by atoms with Gasteiger partial charge in [0.2, 0.25) is 0 Å². The fourth-order valence-corrected chi connectivity index (χ4v) is 3.71. The number of nitrogens with one attached hydrogen (secondary N) is 1. The Hall–Kier alpha value is -0.120. The van der Waals surface area contributed by atoms with Crippen LogP contribution in [0.1, 0.15) is 52.4 Å². The highest BCUT2D eigenvalue weighted by Crippen LogP contribution is 2.34. The van der Waals surface area contributed by atoms with Crippen LogP contribution < -0.4 is 5.32 Å². The van der Waals surface area contributed by atoms with Crippen molar-refractivity contribution >= 4 is 0 Å². The lowest BCUT2D eigenvalue weighted by molar-refractivity contribution is -0.0846. The fraction of sp³-hybridized carbons (Fsp3) is 1.00. The summed E-state index contributed by atoms with van der Waals surface area (Å²) in [5.41, 5.74) is 0.0772. The zero-order valence-corrected chi connectivity index (χ0v) is 12.7. The van der Waals surface area contributed by atoms with Gasteiger partial charge in [-0.15, -0.1) is 0 Å². The van der Waals surface area contributed by atoms with E-state index in [2.05, 4.69) is 24.1 Å². The monoisotopic (exact) mass is 266 g/mol. The highest BCUT2D eigenvalue weighted by atomic mass is 16.5. The van der Waals surface area contributed by atoms with E-state index >= 15 is 0 Å². The van der Waals surface area contributed by atoms with Crippen molar-refractivity contribution in [2.24, 2.45) is 5.92 Å². The van der Waals surface area contributed by atoms with Gasteiger partial charge < -0.3 is 10.1 Å². The van der Waals surface area contributed by atoms with E-state index in [0.29, 0.717) is 0 Å². The van der Waals surface area contributed by atoms with Gasteiger partial charge in [-0.2, -0.15) is 0 Å². The Morgan fingerprint density at radius 2 is 2.00 bits per heavy atom. The Morgan fingerprint density at radius 3 is 2.63 bits per heavy atom. The summed E-state index contributed by atoms with van der Waals surface area (Å²) in [6.07, 6.45) is 8.08. The summed E-state index contributed by atoms with van der Waals surface area (Å²) in [5.74, 6) is 0.993. The first kappa shape index (κ1) is 13.8. The maximum Gasteiger partial charge on any atom is 0.0641 e. The quantitative estimate of drug-likeness (QED) is 0.827. The second-order valence-electron chi connectivity index (χ2n) is 7.45. The second-order valence-corrected chi connectivity index (χ2v) is 7.45. The molecule has 19 heavy (non-hydrogen) atoms. The molecule has 3 fully saturated rings. The first-order valence-electron chi connectivity index (χ1n) is 8.24. The summed E-state index contributed by atoms with van der Waals surface area (Å²) in [4.78, 5) is 2.80. The highest BCUT2D eigenvalue weighted by Gasteiger charge is 2.35. The van der Waals surface area contributed by atoms with Gasteiger partial charge in [0.25, 0.3) is 0 Å². The van der Waals surface area contributed by atoms with Crippen LogP contribution in [0.5, 0.6) is 0 Å². The van der Waals surface area contributed by atoms with Crippen molar-refractivity contribution in [3.63, 3.8) is 0 Å². The van der Waals surface area contributed by atoms with Crippen molar-refractivity contribution in [3.8, 4) is 0 Å². The minimum atomic E-state index is 0.0772. The molecule has 3 heteroatoms. The van der Waals surface area contributed by atoms with Crippen LogP contribution in [0, 0.1) is 5.92 Å². The van der Waals surface area contributed by atoms with E-state index in [0.717, 1.165) is 24.6 Å². The Bertz CT molecular complexity index is 295. The number of hydrogen-bond donors (Lipinski definition) is 1. The minimum absolute atomic E-state index is 0.0772. The van der Waals surface area contributed by atoms with Gasteiger partial charge in [0.1, 0.15) is 0 Å². The first-order valence-corrected chi connectivity index (χ1v) is 8.24. The van der Waals surface area contributed by atoms with Gasteiger partial charge in [-0.1, -0.05) is 0 Å². The summed E-state index contributed by atoms with van der Waals surface area (Å²) in [6, 6.07) is 1.48. The van der Waals surface area contributed by atoms with Gasteiger partial charge in [0.05, 0.1) is 5.60 Å².